The molecule has 7 rings (SSSR count). The zero-order valence-electron chi connectivity index (χ0n) is 22.9. The van der Waals surface area contributed by atoms with Crippen molar-refractivity contribution in [2.24, 2.45) is 0 Å². The van der Waals surface area contributed by atoms with Crippen molar-refractivity contribution in [1.82, 2.24) is 0 Å². The highest BCUT2D eigenvalue weighted by Gasteiger charge is 2.21. The van der Waals surface area contributed by atoms with Crippen molar-refractivity contribution < 1.29 is 0 Å². The van der Waals surface area contributed by atoms with Gasteiger partial charge in [-0.2, -0.15) is 0 Å². The van der Waals surface area contributed by atoms with Crippen LogP contribution < -0.4 is 0 Å². The van der Waals surface area contributed by atoms with Gasteiger partial charge in [0.15, 0.2) is 0 Å². The molecule has 0 bridgehead atoms. The third kappa shape index (κ3) is 3.92. The molecule has 0 spiro atoms. The van der Waals surface area contributed by atoms with Gasteiger partial charge in [0.05, 0.1) is 0 Å². The van der Waals surface area contributed by atoms with Crippen molar-refractivity contribution in [3.8, 4) is 44.5 Å². The first kappa shape index (κ1) is 24.1. The van der Waals surface area contributed by atoms with Gasteiger partial charge < -0.3 is 0 Å². The molecule has 0 heterocycles. The lowest BCUT2D eigenvalue weighted by molar-refractivity contribution is 1.50. The molecule has 0 aromatic heterocycles. The molecule has 0 amide bonds. The molecule has 7 aromatic carbocycles. The van der Waals surface area contributed by atoms with Crippen molar-refractivity contribution in [3.63, 3.8) is 0 Å². The average Bonchev–Trinajstić information content (AvgIpc) is 3.04. The topological polar surface area (TPSA) is 0 Å². The van der Waals surface area contributed by atoms with E-state index in [2.05, 4.69) is 159 Å². The molecule has 0 fully saturated rings. The normalized spacial score (nSPS) is 11.2. The number of fused-ring (bicyclic) bond motifs is 2. The van der Waals surface area contributed by atoms with E-state index in [4.69, 9.17) is 0 Å². The van der Waals surface area contributed by atoms with Gasteiger partial charge in [-0.3, -0.25) is 0 Å². The SMILES string of the molecule is Cc1c2c(-c3ccccc3)ccc(-c3ccccc3)c2c(C)c2c(-c3ccccc3)ccc(-c3ccccc3)c12. The number of hydrogen-bond donors (Lipinski definition) is 0. The van der Waals surface area contributed by atoms with Crippen LogP contribution in [0.5, 0.6) is 0 Å². The summed E-state index contributed by atoms with van der Waals surface area (Å²) in [4.78, 5) is 0. The Bertz CT molecular complexity index is 1680. The molecule has 0 unspecified atom stereocenters. The summed E-state index contributed by atoms with van der Waals surface area (Å²) in [6.07, 6.45) is 0. The van der Waals surface area contributed by atoms with Gasteiger partial charge in [0.1, 0.15) is 0 Å². The molecular weight excluding hydrogens is 480 g/mol. The maximum Gasteiger partial charge on any atom is -0.00606 e. The van der Waals surface area contributed by atoms with Crippen LogP contribution >= 0.6 is 0 Å². The summed E-state index contributed by atoms with van der Waals surface area (Å²) in [5.74, 6) is 0. The van der Waals surface area contributed by atoms with E-state index in [-0.39, 0.29) is 0 Å². The second-order valence-electron chi connectivity index (χ2n) is 10.5. The smallest absolute Gasteiger partial charge is 0.00606 e. The number of aryl methyl sites for hydroxylation is 2. The molecule has 0 aliphatic rings. The second kappa shape index (κ2) is 9.98. The van der Waals surface area contributed by atoms with Gasteiger partial charge in [-0.15, -0.1) is 0 Å². The summed E-state index contributed by atoms with van der Waals surface area (Å²) in [7, 11) is 0. The highest BCUT2D eigenvalue weighted by atomic mass is 14.2. The van der Waals surface area contributed by atoms with Crippen molar-refractivity contribution in [1.29, 1.82) is 0 Å². The molecule has 0 aliphatic heterocycles. The zero-order valence-corrected chi connectivity index (χ0v) is 22.9. The molecule has 40 heavy (non-hydrogen) atoms. The predicted octanol–water partition coefficient (Wildman–Crippen LogP) is 11.3. The minimum Gasteiger partial charge on any atom is -0.0622 e. The maximum absolute atomic E-state index is 2.33. The molecular formula is C40H30. The summed E-state index contributed by atoms with van der Waals surface area (Å²) in [6.45, 7) is 4.65. The Hall–Kier alpha value is -4.94. The number of hydrogen-bond acceptors (Lipinski definition) is 0. The summed E-state index contributed by atoms with van der Waals surface area (Å²) < 4.78 is 0. The molecule has 0 nitrogen and oxygen atoms in total. The van der Waals surface area contributed by atoms with E-state index in [1.165, 1.54) is 77.2 Å². The van der Waals surface area contributed by atoms with Crippen molar-refractivity contribution in [2.45, 2.75) is 13.8 Å². The summed E-state index contributed by atoms with van der Waals surface area (Å²) in [5, 5.41) is 5.33. The van der Waals surface area contributed by atoms with Gasteiger partial charge in [0.25, 0.3) is 0 Å². The molecule has 0 saturated carbocycles. The monoisotopic (exact) mass is 510 g/mol. The second-order valence-corrected chi connectivity index (χ2v) is 10.5. The lowest BCUT2D eigenvalue weighted by Crippen LogP contribution is -1.97. The predicted molar refractivity (Wildman–Crippen MR) is 173 cm³/mol. The largest absolute Gasteiger partial charge is 0.0622 e. The van der Waals surface area contributed by atoms with Crippen LogP contribution in [0.25, 0.3) is 66.1 Å². The fourth-order valence-corrected chi connectivity index (χ4v) is 6.45. The van der Waals surface area contributed by atoms with Crippen LogP contribution in [0.4, 0.5) is 0 Å². The van der Waals surface area contributed by atoms with Crippen LogP contribution in [-0.2, 0) is 0 Å². The molecule has 0 aliphatic carbocycles. The first-order valence-corrected chi connectivity index (χ1v) is 14.0. The molecule has 0 atom stereocenters. The molecule has 190 valence electrons. The third-order valence-electron chi connectivity index (χ3n) is 8.25. The van der Waals surface area contributed by atoms with E-state index in [0.29, 0.717) is 0 Å². The third-order valence-corrected chi connectivity index (χ3v) is 8.25. The Labute approximate surface area is 236 Å². The molecule has 0 N–H and O–H groups in total. The first-order chi connectivity index (χ1) is 19.7. The van der Waals surface area contributed by atoms with Crippen molar-refractivity contribution >= 4 is 21.5 Å². The van der Waals surface area contributed by atoms with Crippen LogP contribution in [-0.4, -0.2) is 0 Å². The fraction of sp³-hybridized carbons (Fsp3) is 0.0500. The summed E-state index contributed by atoms with van der Waals surface area (Å²) in [6, 6.07) is 52.6. The fourth-order valence-electron chi connectivity index (χ4n) is 6.45. The molecule has 7 aromatic rings. The van der Waals surface area contributed by atoms with Gasteiger partial charge in [0.2, 0.25) is 0 Å². The van der Waals surface area contributed by atoms with E-state index < -0.39 is 0 Å². The molecule has 0 heteroatoms. The van der Waals surface area contributed by atoms with E-state index in [1.54, 1.807) is 0 Å². The van der Waals surface area contributed by atoms with Gasteiger partial charge >= 0.3 is 0 Å². The van der Waals surface area contributed by atoms with Crippen LogP contribution in [0.1, 0.15) is 11.1 Å². The van der Waals surface area contributed by atoms with Gasteiger partial charge in [-0.1, -0.05) is 146 Å². The van der Waals surface area contributed by atoms with E-state index in [9.17, 15) is 0 Å². The van der Waals surface area contributed by atoms with Crippen LogP contribution in [0, 0.1) is 13.8 Å². The van der Waals surface area contributed by atoms with Crippen LogP contribution in [0.2, 0.25) is 0 Å². The van der Waals surface area contributed by atoms with Gasteiger partial charge in [-0.25, -0.2) is 0 Å². The van der Waals surface area contributed by atoms with Crippen molar-refractivity contribution in [2.75, 3.05) is 0 Å². The lowest BCUT2D eigenvalue weighted by Gasteiger charge is -2.23. The average molecular weight is 511 g/mol. The molecule has 0 radical (unpaired) electrons. The standard InChI is InChI=1S/C40H30/c1-27-37-33(29-15-7-3-8-16-29)23-25-35(31-19-11-5-12-20-31)39(37)28(2)40-36(32-21-13-6-14-22-32)26-24-34(38(27)40)30-17-9-4-10-18-30/h3-26H,1-2H3. The van der Waals surface area contributed by atoms with E-state index >= 15 is 0 Å². The minimum atomic E-state index is 1.24. The van der Waals surface area contributed by atoms with E-state index in [1.807, 2.05) is 0 Å². The minimum absolute atomic E-state index is 1.24. The molecule has 0 saturated heterocycles. The van der Waals surface area contributed by atoms with Gasteiger partial charge in [0, 0.05) is 0 Å². The quantitative estimate of drug-likeness (QED) is 0.207. The Kier molecular flexibility index (Phi) is 6.02. The highest BCUT2D eigenvalue weighted by Crippen LogP contribution is 2.47. The van der Waals surface area contributed by atoms with E-state index in [0.717, 1.165) is 0 Å². The Morgan fingerprint density at radius 1 is 0.250 bits per heavy atom. The Balaban J connectivity index is 1.72. The maximum atomic E-state index is 2.33. The Morgan fingerprint density at radius 2 is 0.450 bits per heavy atom. The summed E-state index contributed by atoms with van der Waals surface area (Å²) >= 11 is 0. The zero-order chi connectivity index (χ0) is 27.1. The van der Waals surface area contributed by atoms with Crippen LogP contribution in [0.15, 0.2) is 146 Å². The van der Waals surface area contributed by atoms with Gasteiger partial charge in [-0.05, 0) is 91.0 Å². The lowest BCUT2D eigenvalue weighted by atomic mass is 9.80. The summed E-state index contributed by atoms with van der Waals surface area (Å²) in [5.41, 5.74) is 12.7. The van der Waals surface area contributed by atoms with Crippen molar-refractivity contribution in [3.05, 3.63) is 157 Å². The Morgan fingerprint density at radius 3 is 0.650 bits per heavy atom. The number of benzene rings is 7. The van der Waals surface area contributed by atoms with Crippen LogP contribution in [0.3, 0.4) is 0 Å². The first-order valence-electron chi connectivity index (χ1n) is 14.0. The highest BCUT2D eigenvalue weighted by molar-refractivity contribution is 6.21. The number of rotatable bonds is 4.